The van der Waals surface area contributed by atoms with Crippen LogP contribution in [0.3, 0.4) is 0 Å². The van der Waals surface area contributed by atoms with Crippen molar-refractivity contribution in [2.24, 2.45) is 0 Å². The Kier molecular flexibility index (Phi) is 11.2. The van der Waals surface area contributed by atoms with Crippen molar-refractivity contribution in [2.75, 3.05) is 7.11 Å². The molecule has 2 fully saturated rings. The lowest BCUT2D eigenvalue weighted by atomic mass is 9.99. The second-order valence-corrected chi connectivity index (χ2v) is 12.3. The second kappa shape index (κ2) is 15.3. The fraction of sp³-hybridized carbons (Fsp3) is 0.471. The molecular formula is C34H38O19. The molecule has 288 valence electrons. The van der Waals surface area contributed by atoms with Gasteiger partial charge in [0.15, 0.2) is 53.2 Å². The SMILES string of the molecule is COc1c(OC2OC(C)C(OC(C)=O)C(OC(C)=O)C2O)cc2oc(-c3ccc(O)c(O)c3)c(OC3OC(C)C(OC(C)=O)C(O)C3O)c(=O)c2c1O. The van der Waals surface area contributed by atoms with Crippen LogP contribution in [0, 0.1) is 0 Å². The molecule has 2 saturated heterocycles. The fourth-order valence-electron chi connectivity index (χ4n) is 5.99. The molecule has 0 amide bonds. The second-order valence-electron chi connectivity index (χ2n) is 12.3. The fourth-order valence-corrected chi connectivity index (χ4v) is 5.99. The first-order valence-corrected chi connectivity index (χ1v) is 16.1. The van der Waals surface area contributed by atoms with E-state index in [2.05, 4.69) is 0 Å². The Morgan fingerprint density at radius 1 is 0.698 bits per heavy atom. The highest BCUT2D eigenvalue weighted by molar-refractivity contribution is 5.91. The maximum atomic E-state index is 14.2. The molecule has 6 N–H and O–H groups in total. The number of hydrogen-bond acceptors (Lipinski definition) is 19. The molecule has 19 nitrogen and oxygen atoms in total. The molecule has 3 aromatic rings. The van der Waals surface area contributed by atoms with Crippen LogP contribution >= 0.6 is 0 Å². The molecule has 10 atom stereocenters. The molecule has 0 aliphatic carbocycles. The predicted molar refractivity (Wildman–Crippen MR) is 174 cm³/mol. The number of ether oxygens (including phenoxy) is 8. The van der Waals surface area contributed by atoms with E-state index in [1.165, 1.54) is 19.9 Å². The van der Waals surface area contributed by atoms with E-state index >= 15 is 0 Å². The lowest BCUT2D eigenvalue weighted by molar-refractivity contribution is -0.276. The summed E-state index contributed by atoms with van der Waals surface area (Å²) in [4.78, 5) is 49.4. The lowest BCUT2D eigenvalue weighted by Crippen LogP contribution is -2.60. The summed E-state index contributed by atoms with van der Waals surface area (Å²) in [6, 6.07) is 4.42. The number of carbonyl (C=O) groups excluding carboxylic acids is 3. The van der Waals surface area contributed by atoms with Gasteiger partial charge in [0.25, 0.3) is 0 Å². The topological polar surface area (TPSA) is 277 Å². The number of methoxy groups -OCH3 is 1. The lowest BCUT2D eigenvalue weighted by Gasteiger charge is -2.42. The zero-order valence-electron chi connectivity index (χ0n) is 29.1. The molecule has 0 radical (unpaired) electrons. The predicted octanol–water partition coefficient (Wildman–Crippen LogP) is 0.710. The number of aliphatic hydroxyl groups excluding tert-OH is 3. The van der Waals surface area contributed by atoms with Crippen LogP contribution in [-0.4, -0.2) is 117 Å². The smallest absolute Gasteiger partial charge is 0.303 e. The molecule has 3 heterocycles. The van der Waals surface area contributed by atoms with E-state index in [0.29, 0.717) is 0 Å². The van der Waals surface area contributed by atoms with Gasteiger partial charge in [0.05, 0.1) is 19.3 Å². The Balaban J connectivity index is 1.61. The molecule has 19 heteroatoms. The van der Waals surface area contributed by atoms with Crippen molar-refractivity contribution in [3.05, 3.63) is 34.5 Å². The van der Waals surface area contributed by atoms with Crippen LogP contribution in [0.2, 0.25) is 0 Å². The Bertz CT molecular complexity index is 1940. The van der Waals surface area contributed by atoms with Crippen LogP contribution < -0.4 is 19.6 Å². The molecule has 1 aromatic heterocycles. The minimum absolute atomic E-state index is 0.0654. The Labute approximate surface area is 299 Å². The number of carbonyl (C=O) groups is 3. The highest BCUT2D eigenvalue weighted by atomic mass is 16.7. The molecule has 2 aromatic carbocycles. The number of rotatable bonds is 9. The quantitative estimate of drug-likeness (QED) is 0.0998. The number of hydrogen-bond donors (Lipinski definition) is 6. The summed E-state index contributed by atoms with van der Waals surface area (Å²) < 4.78 is 50.0. The summed E-state index contributed by atoms with van der Waals surface area (Å²) in [6.07, 6.45) is -14.9. The van der Waals surface area contributed by atoms with Crippen LogP contribution in [-0.2, 0) is 38.1 Å². The van der Waals surface area contributed by atoms with Crippen LogP contribution in [0.15, 0.2) is 33.5 Å². The van der Waals surface area contributed by atoms with Crippen molar-refractivity contribution < 1.29 is 87.3 Å². The first-order valence-electron chi connectivity index (χ1n) is 16.1. The maximum Gasteiger partial charge on any atom is 0.303 e. The van der Waals surface area contributed by atoms with Gasteiger partial charge in [-0.15, -0.1) is 0 Å². The summed E-state index contributed by atoms with van der Waals surface area (Å²) >= 11 is 0. The Morgan fingerprint density at radius 2 is 1.26 bits per heavy atom. The van der Waals surface area contributed by atoms with E-state index in [1.54, 1.807) is 0 Å². The number of esters is 3. The highest BCUT2D eigenvalue weighted by Crippen LogP contribution is 2.46. The summed E-state index contributed by atoms with van der Waals surface area (Å²) in [5.74, 6) is -6.31. The molecule has 10 unspecified atom stereocenters. The van der Waals surface area contributed by atoms with Crippen molar-refractivity contribution in [3.8, 4) is 45.8 Å². The molecule has 0 bridgehead atoms. The maximum absolute atomic E-state index is 14.2. The van der Waals surface area contributed by atoms with Crippen molar-refractivity contribution in [1.82, 2.24) is 0 Å². The minimum atomic E-state index is -1.90. The summed E-state index contributed by atoms with van der Waals surface area (Å²) in [5, 5.41) is 63.8. The molecular weight excluding hydrogens is 712 g/mol. The van der Waals surface area contributed by atoms with Crippen molar-refractivity contribution in [2.45, 2.75) is 96.0 Å². The number of aromatic hydroxyl groups is 3. The number of fused-ring (bicyclic) bond motifs is 1. The van der Waals surface area contributed by atoms with Crippen molar-refractivity contribution in [1.29, 1.82) is 0 Å². The number of phenolic OH excluding ortho intramolecular Hbond substituents is 3. The zero-order valence-corrected chi connectivity index (χ0v) is 29.1. The van der Waals surface area contributed by atoms with Gasteiger partial charge in [-0.05, 0) is 32.0 Å². The monoisotopic (exact) mass is 750 g/mol. The van der Waals surface area contributed by atoms with Gasteiger partial charge in [0.2, 0.25) is 29.5 Å². The van der Waals surface area contributed by atoms with Crippen molar-refractivity contribution >= 4 is 28.9 Å². The first-order chi connectivity index (χ1) is 24.9. The number of aliphatic hydroxyl groups is 3. The average molecular weight is 751 g/mol. The van der Waals surface area contributed by atoms with E-state index < -0.39 is 125 Å². The third-order valence-corrected chi connectivity index (χ3v) is 8.39. The normalized spacial score (nSPS) is 28.5. The molecule has 2 aliphatic rings. The number of phenols is 3. The van der Waals surface area contributed by atoms with Gasteiger partial charge >= 0.3 is 17.9 Å². The minimum Gasteiger partial charge on any atom is -0.504 e. The Hall–Kier alpha value is -5.34. The van der Waals surface area contributed by atoms with Gasteiger partial charge in [0, 0.05) is 32.4 Å². The van der Waals surface area contributed by atoms with Crippen LogP contribution in [0.4, 0.5) is 0 Å². The largest absolute Gasteiger partial charge is 0.504 e. The van der Waals surface area contributed by atoms with Gasteiger partial charge < -0.3 is 73.0 Å². The van der Waals surface area contributed by atoms with Gasteiger partial charge in [0.1, 0.15) is 23.2 Å². The van der Waals surface area contributed by atoms with Crippen LogP contribution in [0.25, 0.3) is 22.3 Å². The van der Waals surface area contributed by atoms with E-state index in [4.69, 9.17) is 42.3 Å². The Morgan fingerprint density at radius 3 is 1.85 bits per heavy atom. The number of benzene rings is 2. The van der Waals surface area contributed by atoms with Crippen molar-refractivity contribution in [3.63, 3.8) is 0 Å². The van der Waals surface area contributed by atoms with Gasteiger partial charge in [-0.25, -0.2) is 0 Å². The van der Waals surface area contributed by atoms with Crippen LogP contribution in [0.5, 0.6) is 34.5 Å². The van der Waals surface area contributed by atoms with E-state index in [9.17, 15) is 49.8 Å². The summed E-state index contributed by atoms with van der Waals surface area (Å²) in [7, 11) is 1.12. The molecule has 0 spiro atoms. The van der Waals surface area contributed by atoms with E-state index in [-0.39, 0.29) is 16.9 Å². The van der Waals surface area contributed by atoms with Crippen LogP contribution in [0.1, 0.15) is 34.6 Å². The molecule has 53 heavy (non-hydrogen) atoms. The third kappa shape index (κ3) is 7.74. The standard InChI is InChI=1S/C34H38O19/c1-11-27(48-13(3)35)24(42)25(43)33(46-11)53-31-23(41)21-19(51-29(31)16-7-8-17(38)18(39)9-16)10-20(30(45-6)22(21)40)52-34-26(44)32(50-15(5)37)28(12(2)47-34)49-14(4)36/h7-12,24-28,32-34,38-40,42-44H,1-6H3. The first kappa shape index (κ1) is 38.9. The summed E-state index contributed by atoms with van der Waals surface area (Å²) in [6.45, 7) is 6.16. The molecule has 5 rings (SSSR count). The van der Waals surface area contributed by atoms with Gasteiger partial charge in [-0.3, -0.25) is 19.2 Å². The van der Waals surface area contributed by atoms with E-state index in [0.717, 1.165) is 46.1 Å². The van der Waals surface area contributed by atoms with Gasteiger partial charge in [-0.1, -0.05) is 0 Å². The van der Waals surface area contributed by atoms with Gasteiger partial charge in [-0.2, -0.15) is 0 Å². The summed E-state index contributed by atoms with van der Waals surface area (Å²) in [5.41, 5.74) is -1.54. The third-order valence-electron chi connectivity index (χ3n) is 8.39. The molecule has 2 aliphatic heterocycles. The molecule has 0 saturated carbocycles. The highest BCUT2D eigenvalue weighted by Gasteiger charge is 2.50. The average Bonchev–Trinajstić information content (AvgIpc) is 3.07. The zero-order chi connectivity index (χ0) is 39.0. The van der Waals surface area contributed by atoms with E-state index in [1.807, 2.05) is 0 Å².